The van der Waals surface area contributed by atoms with Gasteiger partial charge in [-0.1, -0.05) is 11.6 Å². The number of anilines is 1. The molecule has 0 aliphatic carbocycles. The Hall–Kier alpha value is -1.70. The number of nitrogens with zero attached hydrogens (tertiary/aromatic N) is 2. The van der Waals surface area contributed by atoms with E-state index in [1.54, 1.807) is 20.8 Å². The van der Waals surface area contributed by atoms with Gasteiger partial charge in [0.1, 0.15) is 11.4 Å². The zero-order valence-electron chi connectivity index (χ0n) is 14.3. The molecule has 1 fully saturated rings. The van der Waals surface area contributed by atoms with Crippen LogP contribution in [0.1, 0.15) is 39.2 Å². The first-order chi connectivity index (χ1) is 11.5. The van der Waals surface area contributed by atoms with Crippen molar-refractivity contribution in [3.8, 4) is 0 Å². The molecule has 5 nitrogen and oxygen atoms in total. The molecule has 0 unspecified atom stereocenters. The second-order valence-corrected chi connectivity index (χ2v) is 7.31. The Bertz CT molecular complexity index is 632. The standard InChI is InChI=1S/C16H21ClF3N3O2/c1-15(2,3)25-14(24)22-9-11-5-4-6-23(11)13-12(17)7-10(8-21-13)16(18,19)20/h7-8,11H,4-6,9H2,1-3H3,(H,22,24)/t11-/m1/s1. The van der Waals surface area contributed by atoms with Gasteiger partial charge in [-0.3, -0.25) is 0 Å². The van der Waals surface area contributed by atoms with E-state index in [1.807, 2.05) is 4.90 Å². The summed E-state index contributed by atoms with van der Waals surface area (Å²) in [6, 6.07) is 0.773. The minimum absolute atomic E-state index is 0.0565. The first kappa shape index (κ1) is 19.6. The number of ether oxygens (including phenoxy) is 1. The van der Waals surface area contributed by atoms with Gasteiger partial charge in [0.15, 0.2) is 0 Å². The predicted octanol–water partition coefficient (Wildman–Crippen LogP) is 4.25. The Morgan fingerprint density at radius 1 is 1.44 bits per heavy atom. The summed E-state index contributed by atoms with van der Waals surface area (Å²) < 4.78 is 43.4. The highest BCUT2D eigenvalue weighted by Gasteiger charge is 2.33. The number of pyridine rings is 1. The number of carbonyl (C=O) groups excluding carboxylic acids is 1. The van der Waals surface area contributed by atoms with E-state index in [0.717, 1.165) is 25.1 Å². The number of nitrogens with one attached hydrogen (secondary N) is 1. The molecule has 1 atom stereocenters. The van der Waals surface area contributed by atoms with Crippen molar-refractivity contribution in [3.63, 3.8) is 0 Å². The van der Waals surface area contributed by atoms with E-state index in [9.17, 15) is 18.0 Å². The summed E-state index contributed by atoms with van der Waals surface area (Å²) >= 11 is 6.01. The third-order valence-corrected chi connectivity index (χ3v) is 3.96. The number of carbonyl (C=O) groups is 1. The number of alkyl halides is 3. The molecule has 1 aliphatic heterocycles. The van der Waals surface area contributed by atoms with E-state index in [1.165, 1.54) is 0 Å². The first-order valence-electron chi connectivity index (χ1n) is 7.93. The summed E-state index contributed by atoms with van der Waals surface area (Å²) in [5.41, 5.74) is -1.48. The summed E-state index contributed by atoms with van der Waals surface area (Å²) in [5.74, 6) is 0.295. The van der Waals surface area contributed by atoms with Gasteiger partial charge in [-0.05, 0) is 39.7 Å². The minimum atomic E-state index is -4.49. The Morgan fingerprint density at radius 2 is 2.12 bits per heavy atom. The van der Waals surface area contributed by atoms with E-state index in [0.29, 0.717) is 18.9 Å². The average Bonchev–Trinajstić information content (AvgIpc) is 2.90. The highest BCUT2D eigenvalue weighted by Crippen LogP contribution is 2.35. The van der Waals surface area contributed by atoms with Crippen LogP contribution in [-0.2, 0) is 10.9 Å². The molecule has 2 heterocycles. The fourth-order valence-electron chi connectivity index (χ4n) is 2.64. The van der Waals surface area contributed by atoms with Crippen molar-refractivity contribution in [2.45, 2.75) is 51.4 Å². The Kier molecular flexibility index (Phi) is 5.71. The third kappa shape index (κ3) is 5.39. The van der Waals surface area contributed by atoms with E-state index < -0.39 is 23.4 Å². The lowest BCUT2D eigenvalue weighted by Gasteiger charge is -2.27. The molecule has 1 aromatic rings. The molecular weight excluding hydrogens is 359 g/mol. The summed E-state index contributed by atoms with van der Waals surface area (Å²) in [7, 11) is 0. The largest absolute Gasteiger partial charge is 0.444 e. The molecule has 0 aromatic carbocycles. The van der Waals surface area contributed by atoms with Crippen molar-refractivity contribution >= 4 is 23.5 Å². The molecule has 1 amide bonds. The normalized spacial score (nSPS) is 18.4. The van der Waals surface area contributed by atoms with E-state index in [2.05, 4.69) is 10.3 Å². The van der Waals surface area contributed by atoms with Crippen LogP contribution in [0.3, 0.4) is 0 Å². The number of hydrogen-bond donors (Lipinski definition) is 1. The summed E-state index contributed by atoms with van der Waals surface area (Å²) in [5, 5.41) is 2.63. The van der Waals surface area contributed by atoms with Crippen LogP contribution in [0.2, 0.25) is 5.02 Å². The lowest BCUT2D eigenvalue weighted by molar-refractivity contribution is -0.137. The van der Waals surface area contributed by atoms with Crippen molar-refractivity contribution in [2.75, 3.05) is 18.0 Å². The number of hydrogen-bond acceptors (Lipinski definition) is 4. The topological polar surface area (TPSA) is 54.5 Å². The van der Waals surface area contributed by atoms with Crippen LogP contribution in [0.4, 0.5) is 23.8 Å². The maximum atomic E-state index is 12.7. The minimum Gasteiger partial charge on any atom is -0.444 e. The zero-order chi connectivity index (χ0) is 18.8. The van der Waals surface area contributed by atoms with Gasteiger partial charge in [0.05, 0.1) is 10.6 Å². The predicted molar refractivity (Wildman–Crippen MR) is 88.9 cm³/mol. The zero-order valence-corrected chi connectivity index (χ0v) is 15.0. The first-order valence-corrected chi connectivity index (χ1v) is 8.31. The second-order valence-electron chi connectivity index (χ2n) is 6.90. The Morgan fingerprint density at radius 3 is 2.68 bits per heavy atom. The van der Waals surface area contributed by atoms with Gasteiger partial charge in [-0.2, -0.15) is 13.2 Å². The highest BCUT2D eigenvalue weighted by molar-refractivity contribution is 6.33. The Labute approximate surface area is 149 Å². The number of rotatable bonds is 3. The van der Waals surface area contributed by atoms with Crippen LogP contribution in [0.15, 0.2) is 12.3 Å². The van der Waals surface area contributed by atoms with E-state index >= 15 is 0 Å². The van der Waals surface area contributed by atoms with E-state index in [4.69, 9.17) is 16.3 Å². The van der Waals surface area contributed by atoms with Gasteiger partial charge in [-0.25, -0.2) is 9.78 Å². The molecule has 1 N–H and O–H groups in total. The molecule has 0 spiro atoms. The molecule has 1 saturated heterocycles. The number of aromatic nitrogens is 1. The quantitative estimate of drug-likeness (QED) is 0.853. The van der Waals surface area contributed by atoms with Crippen LogP contribution in [-0.4, -0.2) is 35.8 Å². The van der Waals surface area contributed by atoms with Crippen molar-refractivity contribution < 1.29 is 22.7 Å². The molecule has 1 aliphatic rings. The van der Waals surface area contributed by atoms with Crippen LogP contribution < -0.4 is 10.2 Å². The average molecular weight is 380 g/mol. The number of halogens is 4. The van der Waals surface area contributed by atoms with Crippen molar-refractivity contribution in [2.24, 2.45) is 0 Å². The maximum Gasteiger partial charge on any atom is 0.417 e. The van der Waals surface area contributed by atoms with Gasteiger partial charge >= 0.3 is 12.3 Å². The monoisotopic (exact) mass is 379 g/mol. The molecule has 1 aromatic heterocycles. The smallest absolute Gasteiger partial charge is 0.417 e. The van der Waals surface area contributed by atoms with Crippen LogP contribution >= 0.6 is 11.6 Å². The fourth-order valence-corrected chi connectivity index (χ4v) is 2.91. The van der Waals surface area contributed by atoms with Crippen molar-refractivity contribution in [1.82, 2.24) is 10.3 Å². The summed E-state index contributed by atoms with van der Waals surface area (Å²) in [6.45, 7) is 6.20. The molecule has 25 heavy (non-hydrogen) atoms. The highest BCUT2D eigenvalue weighted by atomic mass is 35.5. The number of amides is 1. The molecule has 0 bridgehead atoms. The third-order valence-electron chi connectivity index (χ3n) is 3.68. The van der Waals surface area contributed by atoms with Crippen LogP contribution in [0.25, 0.3) is 0 Å². The summed E-state index contributed by atoms with van der Waals surface area (Å²) in [4.78, 5) is 17.5. The number of alkyl carbamates (subject to hydrolysis) is 1. The van der Waals surface area contributed by atoms with E-state index in [-0.39, 0.29) is 11.1 Å². The van der Waals surface area contributed by atoms with Crippen molar-refractivity contribution in [1.29, 1.82) is 0 Å². The maximum absolute atomic E-state index is 12.7. The van der Waals surface area contributed by atoms with Crippen molar-refractivity contribution in [3.05, 3.63) is 22.8 Å². The van der Waals surface area contributed by atoms with Crippen LogP contribution in [0.5, 0.6) is 0 Å². The molecule has 2 rings (SSSR count). The van der Waals surface area contributed by atoms with Gasteiger partial charge in [0, 0.05) is 25.3 Å². The molecular formula is C16H21ClF3N3O2. The molecule has 0 radical (unpaired) electrons. The molecule has 140 valence electrons. The lowest BCUT2D eigenvalue weighted by atomic mass is 10.2. The SMILES string of the molecule is CC(C)(C)OC(=O)NC[C@H]1CCCN1c1ncc(C(F)(F)F)cc1Cl. The summed E-state index contributed by atoms with van der Waals surface area (Å²) in [6.07, 6.45) is -2.64. The molecule has 0 saturated carbocycles. The Balaban J connectivity index is 2.05. The van der Waals surface area contributed by atoms with Gasteiger partial charge in [0.25, 0.3) is 0 Å². The molecule has 9 heteroatoms. The van der Waals surface area contributed by atoms with Crippen LogP contribution in [0, 0.1) is 0 Å². The fraction of sp³-hybridized carbons (Fsp3) is 0.625. The van der Waals surface area contributed by atoms with Gasteiger partial charge in [0.2, 0.25) is 0 Å². The second kappa shape index (κ2) is 7.27. The van der Waals surface area contributed by atoms with Gasteiger partial charge < -0.3 is 15.0 Å². The lowest BCUT2D eigenvalue weighted by Crippen LogP contribution is -2.42. The van der Waals surface area contributed by atoms with Gasteiger partial charge in [-0.15, -0.1) is 0 Å².